The molecule has 1 aromatic heterocycles. The number of nitrogens with one attached hydrogen (secondary N) is 2. The van der Waals surface area contributed by atoms with Gasteiger partial charge in [0, 0.05) is 23.7 Å². The van der Waals surface area contributed by atoms with Gasteiger partial charge in [0.05, 0.1) is 10.9 Å². The number of rotatable bonds is 3. The molecule has 146 valence electrons. The second kappa shape index (κ2) is 8.59. The molecule has 1 amide bonds. The van der Waals surface area contributed by atoms with Gasteiger partial charge < -0.3 is 15.1 Å². The van der Waals surface area contributed by atoms with E-state index in [0.29, 0.717) is 27.9 Å². The van der Waals surface area contributed by atoms with Crippen molar-refractivity contribution in [2.75, 3.05) is 13.1 Å². The van der Waals surface area contributed by atoms with Crippen molar-refractivity contribution < 1.29 is 9.21 Å². The van der Waals surface area contributed by atoms with Crippen LogP contribution in [-0.2, 0) is 0 Å². The summed E-state index contributed by atoms with van der Waals surface area (Å²) in [4.78, 5) is 25.8. The first-order valence-corrected chi connectivity index (χ1v) is 9.28. The summed E-state index contributed by atoms with van der Waals surface area (Å²) in [5.74, 6) is 0.299. The highest BCUT2D eigenvalue weighted by molar-refractivity contribution is 6.05. The minimum Gasteiger partial charge on any atom is -0.455 e. The number of fused-ring (bicyclic) bond motifs is 1. The van der Waals surface area contributed by atoms with Crippen LogP contribution >= 0.6 is 12.4 Å². The van der Waals surface area contributed by atoms with Gasteiger partial charge >= 0.3 is 0 Å². The SMILES string of the molecule is Cc1c(-c2ccccc2)oc2c(C(=O)NC3CCCNC3)cccc2c1=O.Cl. The van der Waals surface area contributed by atoms with Gasteiger partial charge in [-0.25, -0.2) is 0 Å². The number of carbonyl (C=O) groups excluding carboxylic acids is 1. The number of halogens is 1. The third kappa shape index (κ3) is 3.81. The third-order valence-electron chi connectivity index (χ3n) is 5.06. The van der Waals surface area contributed by atoms with E-state index in [9.17, 15) is 9.59 Å². The number of hydrogen-bond donors (Lipinski definition) is 2. The van der Waals surface area contributed by atoms with Crippen molar-refractivity contribution in [2.45, 2.75) is 25.8 Å². The second-order valence-electron chi connectivity index (χ2n) is 6.95. The molecule has 0 radical (unpaired) electrons. The molecule has 4 rings (SSSR count). The predicted octanol–water partition coefficient (Wildman–Crippen LogP) is 3.67. The highest BCUT2D eigenvalue weighted by Gasteiger charge is 2.21. The van der Waals surface area contributed by atoms with E-state index in [1.807, 2.05) is 30.3 Å². The van der Waals surface area contributed by atoms with Crippen LogP contribution in [0.15, 0.2) is 57.7 Å². The molecule has 5 nitrogen and oxygen atoms in total. The molecule has 28 heavy (non-hydrogen) atoms. The lowest BCUT2D eigenvalue weighted by atomic mass is 10.0. The molecule has 1 aliphatic heterocycles. The largest absolute Gasteiger partial charge is 0.455 e. The van der Waals surface area contributed by atoms with Gasteiger partial charge in [-0.3, -0.25) is 9.59 Å². The zero-order valence-corrected chi connectivity index (χ0v) is 16.5. The topological polar surface area (TPSA) is 71.3 Å². The molecule has 1 saturated heterocycles. The summed E-state index contributed by atoms with van der Waals surface area (Å²) in [6.45, 7) is 3.50. The number of piperidine rings is 1. The van der Waals surface area contributed by atoms with Crippen molar-refractivity contribution in [1.29, 1.82) is 0 Å². The van der Waals surface area contributed by atoms with Gasteiger partial charge in [0.2, 0.25) is 0 Å². The van der Waals surface area contributed by atoms with Crippen molar-refractivity contribution in [3.63, 3.8) is 0 Å². The van der Waals surface area contributed by atoms with Gasteiger partial charge in [-0.1, -0.05) is 36.4 Å². The van der Waals surface area contributed by atoms with Crippen LogP contribution in [0.5, 0.6) is 0 Å². The van der Waals surface area contributed by atoms with Gasteiger partial charge in [-0.15, -0.1) is 12.4 Å². The zero-order chi connectivity index (χ0) is 18.8. The van der Waals surface area contributed by atoms with Crippen LogP contribution in [0.25, 0.3) is 22.3 Å². The molecular weight excluding hydrogens is 376 g/mol. The summed E-state index contributed by atoms with van der Waals surface area (Å²) in [6.07, 6.45) is 1.98. The van der Waals surface area contributed by atoms with E-state index in [1.54, 1.807) is 25.1 Å². The average Bonchev–Trinajstić information content (AvgIpc) is 2.71. The minimum atomic E-state index is -0.208. The summed E-state index contributed by atoms with van der Waals surface area (Å²) in [5.41, 5.74) is 1.99. The van der Waals surface area contributed by atoms with Crippen LogP contribution in [0.1, 0.15) is 28.8 Å². The molecule has 6 heteroatoms. The van der Waals surface area contributed by atoms with Gasteiger partial charge in [-0.05, 0) is 38.4 Å². The highest BCUT2D eigenvalue weighted by atomic mass is 35.5. The van der Waals surface area contributed by atoms with Gasteiger partial charge in [0.15, 0.2) is 11.0 Å². The lowest BCUT2D eigenvalue weighted by molar-refractivity contribution is 0.0931. The molecule has 2 N–H and O–H groups in total. The molecule has 0 bridgehead atoms. The Bertz CT molecular complexity index is 1040. The van der Waals surface area contributed by atoms with Crippen molar-refractivity contribution in [3.8, 4) is 11.3 Å². The number of amides is 1. The number of hydrogen-bond acceptors (Lipinski definition) is 4. The predicted molar refractivity (Wildman–Crippen MR) is 113 cm³/mol. The monoisotopic (exact) mass is 398 g/mol. The van der Waals surface area contributed by atoms with E-state index in [0.717, 1.165) is 31.5 Å². The van der Waals surface area contributed by atoms with Gasteiger partial charge in [0.1, 0.15) is 5.76 Å². The van der Waals surface area contributed by atoms with Crippen LogP contribution in [0, 0.1) is 6.92 Å². The second-order valence-corrected chi connectivity index (χ2v) is 6.95. The van der Waals surface area contributed by atoms with Crippen LogP contribution in [0.2, 0.25) is 0 Å². The van der Waals surface area contributed by atoms with E-state index in [1.165, 1.54) is 0 Å². The Morgan fingerprint density at radius 2 is 1.93 bits per heavy atom. The number of carbonyl (C=O) groups is 1. The Morgan fingerprint density at radius 3 is 2.64 bits per heavy atom. The first-order valence-electron chi connectivity index (χ1n) is 9.28. The summed E-state index contributed by atoms with van der Waals surface area (Å²) < 4.78 is 6.12. The molecule has 0 spiro atoms. The molecule has 3 aromatic rings. The summed E-state index contributed by atoms with van der Waals surface area (Å²) in [5, 5.41) is 6.78. The fraction of sp³-hybridized carbons (Fsp3) is 0.273. The number of para-hydroxylation sites is 1. The Kier molecular flexibility index (Phi) is 6.17. The lowest BCUT2D eigenvalue weighted by Crippen LogP contribution is -2.45. The molecule has 1 unspecified atom stereocenters. The minimum absolute atomic E-state index is 0. The smallest absolute Gasteiger partial charge is 0.255 e. The van der Waals surface area contributed by atoms with Gasteiger partial charge in [-0.2, -0.15) is 0 Å². The molecule has 2 heterocycles. The molecule has 2 aromatic carbocycles. The average molecular weight is 399 g/mol. The maximum absolute atomic E-state index is 12.9. The Labute approximate surface area is 169 Å². The van der Waals surface area contributed by atoms with Crippen molar-refractivity contribution in [1.82, 2.24) is 10.6 Å². The van der Waals surface area contributed by atoms with Gasteiger partial charge in [0.25, 0.3) is 5.91 Å². The Hall–Kier alpha value is -2.63. The molecule has 0 saturated carbocycles. The summed E-state index contributed by atoms with van der Waals surface area (Å²) >= 11 is 0. The Morgan fingerprint density at radius 1 is 1.14 bits per heavy atom. The first kappa shape index (κ1) is 20.1. The van der Waals surface area contributed by atoms with E-state index in [2.05, 4.69) is 10.6 Å². The van der Waals surface area contributed by atoms with Crippen LogP contribution < -0.4 is 16.1 Å². The fourth-order valence-electron chi connectivity index (χ4n) is 3.59. The van der Waals surface area contributed by atoms with E-state index in [4.69, 9.17) is 4.42 Å². The quantitative estimate of drug-likeness (QED) is 0.706. The standard InChI is InChI=1S/C22H22N2O3.ClH/c1-14-19(25)17-10-5-11-18(22(26)24-16-9-6-12-23-13-16)21(17)27-20(14)15-7-3-2-4-8-15;/h2-5,7-8,10-11,16,23H,6,9,12-13H2,1H3,(H,24,26);1H. The van der Waals surface area contributed by atoms with E-state index in [-0.39, 0.29) is 29.8 Å². The Balaban J connectivity index is 0.00000225. The van der Waals surface area contributed by atoms with Crippen molar-refractivity contribution in [2.24, 2.45) is 0 Å². The van der Waals surface area contributed by atoms with Crippen LogP contribution in [0.3, 0.4) is 0 Å². The molecule has 0 aliphatic carbocycles. The molecule has 1 atom stereocenters. The molecule has 1 aliphatic rings. The maximum Gasteiger partial charge on any atom is 0.255 e. The third-order valence-corrected chi connectivity index (χ3v) is 5.06. The van der Waals surface area contributed by atoms with Crippen molar-refractivity contribution >= 4 is 29.3 Å². The number of benzene rings is 2. The maximum atomic E-state index is 12.9. The summed E-state index contributed by atoms with van der Waals surface area (Å²) in [7, 11) is 0. The van der Waals surface area contributed by atoms with Crippen LogP contribution in [0.4, 0.5) is 0 Å². The molecule has 1 fully saturated rings. The fourth-order valence-corrected chi connectivity index (χ4v) is 3.59. The lowest BCUT2D eigenvalue weighted by Gasteiger charge is -2.24. The summed E-state index contributed by atoms with van der Waals surface area (Å²) in [6, 6.07) is 14.7. The van der Waals surface area contributed by atoms with Crippen molar-refractivity contribution in [3.05, 3.63) is 69.9 Å². The molecular formula is C22H23ClN2O3. The first-order chi connectivity index (χ1) is 13.1. The highest BCUT2D eigenvalue weighted by Crippen LogP contribution is 2.27. The zero-order valence-electron chi connectivity index (χ0n) is 15.7. The van der Waals surface area contributed by atoms with E-state index < -0.39 is 0 Å². The van der Waals surface area contributed by atoms with E-state index >= 15 is 0 Å². The van der Waals surface area contributed by atoms with Crippen LogP contribution in [-0.4, -0.2) is 25.0 Å². The normalized spacial score (nSPS) is 16.4.